The van der Waals surface area contributed by atoms with Crippen LogP contribution in [0.1, 0.15) is 17.2 Å². The Balaban J connectivity index is 0.000000398. The van der Waals surface area contributed by atoms with E-state index in [0.29, 0.717) is 24.8 Å². The third-order valence-corrected chi connectivity index (χ3v) is 6.18. The minimum absolute atomic E-state index is 0.454. The van der Waals surface area contributed by atoms with Gasteiger partial charge in [-0.3, -0.25) is 18.6 Å². The zero-order chi connectivity index (χ0) is 29.3. The van der Waals surface area contributed by atoms with Gasteiger partial charge in [-0.15, -0.1) is 0 Å². The largest absolute Gasteiger partial charge is 0.399 e. The van der Waals surface area contributed by atoms with Crippen LogP contribution in [0.2, 0.25) is 0 Å². The lowest BCUT2D eigenvalue weighted by Gasteiger charge is -2.38. The van der Waals surface area contributed by atoms with Crippen molar-refractivity contribution in [1.82, 2.24) is 9.80 Å². The van der Waals surface area contributed by atoms with Gasteiger partial charge < -0.3 is 10.6 Å². The fourth-order valence-corrected chi connectivity index (χ4v) is 4.72. The highest BCUT2D eigenvalue weighted by atomic mass is 32.2. The zero-order valence-electron chi connectivity index (χ0n) is 21.6. The van der Waals surface area contributed by atoms with E-state index < -0.39 is 30.4 Å². The molecule has 1 saturated heterocycles. The summed E-state index contributed by atoms with van der Waals surface area (Å²) in [6, 6.07) is 15.7. The van der Waals surface area contributed by atoms with Crippen molar-refractivity contribution >= 4 is 47.8 Å². The second-order valence-electron chi connectivity index (χ2n) is 8.77. The maximum atomic E-state index is 9.19. The third-order valence-electron chi connectivity index (χ3n) is 4.97. The van der Waals surface area contributed by atoms with Gasteiger partial charge in [0.15, 0.2) is 0 Å². The number of nitrogen functional groups attached to an aromatic ring is 1. The van der Waals surface area contributed by atoms with Gasteiger partial charge in [-0.05, 0) is 48.9 Å². The van der Waals surface area contributed by atoms with Crippen LogP contribution in [0.25, 0.3) is 0 Å². The minimum atomic E-state index is -3.67. The topological polar surface area (TPSA) is 196 Å². The van der Waals surface area contributed by atoms with Crippen LogP contribution in [0.15, 0.2) is 52.3 Å². The maximum absolute atomic E-state index is 9.19. The molecule has 1 fully saturated rings. The molecule has 16 heteroatoms. The molecule has 2 aromatic rings. The van der Waals surface area contributed by atoms with E-state index in [4.69, 9.17) is 19.4 Å². The van der Waals surface area contributed by atoms with Crippen molar-refractivity contribution in [3.05, 3.63) is 53.6 Å². The Bertz CT molecular complexity index is 1280. The lowest BCUT2D eigenvalue weighted by molar-refractivity contribution is 0.110. The predicted molar refractivity (Wildman–Crippen MR) is 149 cm³/mol. The van der Waals surface area contributed by atoms with Gasteiger partial charge in [0.25, 0.3) is 30.4 Å². The molecule has 2 aliphatic heterocycles. The Morgan fingerprint density at radius 2 is 1.26 bits per heavy atom. The second kappa shape index (κ2) is 14.6. The Hall–Kier alpha value is -1.76. The molecule has 1 unspecified atom stereocenters. The number of rotatable bonds is 1. The first-order valence-electron chi connectivity index (χ1n) is 11.1. The van der Waals surface area contributed by atoms with Gasteiger partial charge in [0.05, 0.1) is 18.8 Å². The Labute approximate surface area is 229 Å². The summed E-state index contributed by atoms with van der Waals surface area (Å²) in [6.45, 7) is 4.57. The van der Waals surface area contributed by atoms with Crippen LogP contribution in [0, 0.1) is 0 Å². The molecule has 0 spiro atoms. The van der Waals surface area contributed by atoms with Crippen LogP contribution in [0.3, 0.4) is 0 Å². The van der Waals surface area contributed by atoms with Crippen molar-refractivity contribution in [2.24, 2.45) is 0 Å². The average Bonchev–Trinajstić information content (AvgIpc) is 2.87. The summed E-state index contributed by atoms with van der Waals surface area (Å²) in [6.07, 6.45) is 3.20. The number of hydrogen-bond acceptors (Lipinski definition) is 10. The first-order chi connectivity index (χ1) is 17.2. The summed E-state index contributed by atoms with van der Waals surface area (Å²) in [5, 5.41) is 0. The van der Waals surface area contributed by atoms with Gasteiger partial charge in [-0.2, -0.15) is 25.3 Å². The molecule has 0 aliphatic carbocycles. The van der Waals surface area contributed by atoms with Gasteiger partial charge in [0, 0.05) is 47.7 Å². The van der Waals surface area contributed by atoms with Crippen molar-refractivity contribution in [3.8, 4) is 0 Å². The molecule has 2 aliphatic rings. The quantitative estimate of drug-likeness (QED) is 0.269. The van der Waals surface area contributed by atoms with E-state index in [2.05, 4.69) is 53.2 Å². The van der Waals surface area contributed by atoms with Gasteiger partial charge in [0.1, 0.15) is 0 Å². The minimum Gasteiger partial charge on any atom is -0.399 e. The number of anilines is 1. The van der Waals surface area contributed by atoms with E-state index in [-0.39, 0.29) is 0 Å². The summed E-state index contributed by atoms with van der Waals surface area (Å²) in [7, 11) is -8.79. The molecule has 0 amide bonds. The third kappa shape index (κ3) is 16.3. The van der Waals surface area contributed by atoms with Crippen LogP contribution < -0.4 is 5.73 Å². The molecule has 2 aromatic carbocycles. The SMILES string of the molecule is CN1CCN(C2Cc3cc(N)ccc3Sc3ccccc32)CC1.CS(=O)(=O)O.CS(=O)(=O)O.CS(=O)(=O)O. The second-order valence-corrected chi connectivity index (χ2v) is 14.2. The van der Waals surface area contributed by atoms with E-state index in [1.807, 2.05) is 17.8 Å². The molecular formula is C22H35N3O9S4. The van der Waals surface area contributed by atoms with E-state index in [1.165, 1.54) is 20.9 Å². The molecule has 0 radical (unpaired) electrons. The standard InChI is InChI=1S/C19H23N3S.3CH4O3S/c1-21-8-10-22(11-9-21)17-13-14-12-15(20)6-7-18(14)23-19-5-3-2-4-16(17)19;3*1-5(2,3)4/h2-7,12,17H,8-11,13,20H2,1H3;3*1H3,(H,2,3,4). The fraction of sp³-hybridized carbons (Fsp3) is 0.455. The van der Waals surface area contributed by atoms with Crippen molar-refractivity contribution < 1.29 is 38.9 Å². The molecule has 38 heavy (non-hydrogen) atoms. The van der Waals surface area contributed by atoms with E-state index >= 15 is 0 Å². The molecule has 4 rings (SSSR count). The number of benzene rings is 2. The summed E-state index contributed by atoms with van der Waals surface area (Å²) in [5.41, 5.74) is 9.77. The Kier molecular flexibility index (Phi) is 13.1. The molecule has 2 heterocycles. The lowest BCUT2D eigenvalue weighted by Crippen LogP contribution is -2.46. The van der Waals surface area contributed by atoms with E-state index in [0.717, 1.165) is 38.3 Å². The van der Waals surface area contributed by atoms with E-state index in [1.54, 1.807) is 0 Å². The van der Waals surface area contributed by atoms with Crippen LogP contribution in [0.5, 0.6) is 0 Å². The molecule has 0 aromatic heterocycles. The first-order valence-corrected chi connectivity index (χ1v) is 17.4. The summed E-state index contributed by atoms with van der Waals surface area (Å²) in [5.74, 6) is 0. The number of likely N-dealkylation sites (N-methyl/N-ethyl adjacent to an activating group) is 1. The van der Waals surface area contributed by atoms with Crippen molar-refractivity contribution in [2.75, 3.05) is 57.7 Å². The molecule has 1 atom stereocenters. The van der Waals surface area contributed by atoms with Crippen molar-refractivity contribution in [2.45, 2.75) is 22.3 Å². The lowest BCUT2D eigenvalue weighted by atomic mass is 9.96. The average molecular weight is 614 g/mol. The van der Waals surface area contributed by atoms with Crippen LogP contribution in [-0.4, -0.2) is 101 Å². The highest BCUT2D eigenvalue weighted by molar-refractivity contribution is 7.99. The molecule has 12 nitrogen and oxygen atoms in total. The van der Waals surface area contributed by atoms with Gasteiger partial charge in [-0.1, -0.05) is 30.0 Å². The molecule has 0 bridgehead atoms. The van der Waals surface area contributed by atoms with Crippen LogP contribution in [-0.2, 0) is 36.8 Å². The number of nitrogens with zero attached hydrogens (tertiary/aromatic N) is 2. The smallest absolute Gasteiger partial charge is 0.261 e. The van der Waals surface area contributed by atoms with E-state index in [9.17, 15) is 25.3 Å². The highest BCUT2D eigenvalue weighted by Gasteiger charge is 2.29. The highest BCUT2D eigenvalue weighted by Crippen LogP contribution is 2.43. The number of piperazine rings is 1. The summed E-state index contributed by atoms with van der Waals surface area (Å²) < 4.78 is 77.6. The zero-order valence-corrected chi connectivity index (χ0v) is 24.8. The van der Waals surface area contributed by atoms with Crippen LogP contribution >= 0.6 is 11.8 Å². The fourth-order valence-electron chi connectivity index (χ4n) is 3.60. The Morgan fingerprint density at radius 3 is 1.76 bits per heavy atom. The summed E-state index contributed by atoms with van der Waals surface area (Å²) in [4.78, 5) is 7.81. The number of nitrogens with two attached hydrogens (primary N) is 1. The van der Waals surface area contributed by atoms with Gasteiger partial charge in [0.2, 0.25) is 0 Å². The summed E-state index contributed by atoms with van der Waals surface area (Å²) >= 11 is 1.89. The monoisotopic (exact) mass is 613 g/mol. The predicted octanol–water partition coefficient (Wildman–Crippen LogP) is 1.78. The molecule has 216 valence electrons. The number of fused-ring (bicyclic) bond motifs is 2. The van der Waals surface area contributed by atoms with Crippen molar-refractivity contribution in [3.63, 3.8) is 0 Å². The number of hydrogen-bond donors (Lipinski definition) is 4. The van der Waals surface area contributed by atoms with Gasteiger partial charge >= 0.3 is 0 Å². The Morgan fingerprint density at radius 1 is 0.789 bits per heavy atom. The molecular weight excluding hydrogens is 579 g/mol. The van der Waals surface area contributed by atoms with Crippen LogP contribution in [0.4, 0.5) is 5.69 Å². The molecule has 5 N–H and O–H groups in total. The first kappa shape index (κ1) is 34.3. The molecule has 0 saturated carbocycles. The van der Waals surface area contributed by atoms with Gasteiger partial charge in [-0.25, -0.2) is 0 Å². The maximum Gasteiger partial charge on any atom is 0.261 e. The van der Waals surface area contributed by atoms with Crippen molar-refractivity contribution in [1.29, 1.82) is 0 Å². The normalized spacial score (nSPS) is 18.0.